The Morgan fingerprint density at radius 1 is 1.10 bits per heavy atom. The number of allylic oxidation sites excluding steroid dienone is 1. The Kier molecular flexibility index (Phi) is 6.57. The number of amides is 1. The summed E-state index contributed by atoms with van der Waals surface area (Å²) in [5.41, 5.74) is 4.30. The molecule has 0 radical (unpaired) electrons. The Bertz CT molecular complexity index is 474. The van der Waals surface area contributed by atoms with Crippen LogP contribution in [0.15, 0.2) is 48.7 Å². The minimum atomic E-state index is -0.0483. The summed E-state index contributed by atoms with van der Waals surface area (Å²) in [4.78, 5) is 10.9. The summed E-state index contributed by atoms with van der Waals surface area (Å²) in [6.07, 6.45) is 2.83. The van der Waals surface area contributed by atoms with Gasteiger partial charge in [0, 0.05) is 24.9 Å². The molecule has 1 aromatic carbocycles. The van der Waals surface area contributed by atoms with E-state index < -0.39 is 0 Å². The van der Waals surface area contributed by atoms with Gasteiger partial charge >= 0.3 is 0 Å². The minimum absolute atomic E-state index is 0.0483. The second kappa shape index (κ2) is 8.20. The van der Waals surface area contributed by atoms with Crippen LogP contribution in [0, 0.1) is 0 Å². The van der Waals surface area contributed by atoms with Crippen LogP contribution in [-0.2, 0) is 11.2 Å². The molecule has 0 fully saturated rings. The molecular formula is C17H24N2O. The van der Waals surface area contributed by atoms with Crippen LogP contribution in [0.5, 0.6) is 0 Å². The summed E-state index contributed by atoms with van der Waals surface area (Å²) in [5.74, 6) is -0.0483. The van der Waals surface area contributed by atoms with Crippen LogP contribution in [-0.4, -0.2) is 12.5 Å². The van der Waals surface area contributed by atoms with Gasteiger partial charge in [-0.15, -0.1) is 6.58 Å². The Hall–Kier alpha value is -2.03. The van der Waals surface area contributed by atoms with Crippen molar-refractivity contribution < 1.29 is 4.79 Å². The predicted molar refractivity (Wildman–Crippen MR) is 85.6 cm³/mol. The van der Waals surface area contributed by atoms with Crippen LogP contribution in [0.3, 0.4) is 0 Å². The van der Waals surface area contributed by atoms with E-state index >= 15 is 0 Å². The van der Waals surface area contributed by atoms with Gasteiger partial charge in [-0.3, -0.25) is 4.79 Å². The zero-order valence-corrected chi connectivity index (χ0v) is 12.5. The van der Waals surface area contributed by atoms with Crippen molar-refractivity contribution in [1.82, 2.24) is 5.32 Å². The van der Waals surface area contributed by atoms with E-state index in [-0.39, 0.29) is 5.91 Å². The molecular weight excluding hydrogens is 248 g/mol. The highest BCUT2D eigenvalue weighted by Crippen LogP contribution is 2.12. The van der Waals surface area contributed by atoms with Crippen molar-refractivity contribution in [2.45, 2.75) is 33.1 Å². The highest BCUT2D eigenvalue weighted by atomic mass is 16.1. The quantitative estimate of drug-likeness (QED) is 0.709. The lowest BCUT2D eigenvalue weighted by Crippen LogP contribution is -2.14. The lowest BCUT2D eigenvalue weighted by atomic mass is 10.1. The van der Waals surface area contributed by atoms with Crippen LogP contribution in [0.4, 0.5) is 5.69 Å². The summed E-state index contributed by atoms with van der Waals surface area (Å²) < 4.78 is 0. The Morgan fingerprint density at radius 3 is 2.30 bits per heavy atom. The first-order chi connectivity index (χ1) is 9.47. The van der Waals surface area contributed by atoms with Gasteiger partial charge in [0.1, 0.15) is 0 Å². The summed E-state index contributed by atoms with van der Waals surface area (Å²) in [6, 6.07) is 7.92. The number of nitrogens with one attached hydrogen (secondary N) is 2. The van der Waals surface area contributed by atoms with Crippen molar-refractivity contribution in [2.24, 2.45) is 0 Å². The highest BCUT2D eigenvalue weighted by molar-refractivity contribution is 5.88. The minimum Gasteiger partial charge on any atom is -0.388 e. The first-order valence-electron chi connectivity index (χ1n) is 6.90. The summed E-state index contributed by atoms with van der Waals surface area (Å²) >= 11 is 0. The molecule has 1 amide bonds. The number of benzene rings is 1. The topological polar surface area (TPSA) is 41.1 Å². The monoisotopic (exact) mass is 272 g/mol. The van der Waals surface area contributed by atoms with Crippen molar-refractivity contribution in [1.29, 1.82) is 0 Å². The number of rotatable bonds is 8. The summed E-state index contributed by atoms with van der Waals surface area (Å²) in [7, 11) is 0. The second-order valence-corrected chi connectivity index (χ2v) is 5.12. The van der Waals surface area contributed by atoms with Gasteiger partial charge in [0.15, 0.2) is 0 Å². The fourth-order valence-electron chi connectivity index (χ4n) is 1.79. The van der Waals surface area contributed by atoms with Crippen LogP contribution in [0.2, 0.25) is 0 Å². The third-order valence-corrected chi connectivity index (χ3v) is 2.92. The smallest absolute Gasteiger partial charge is 0.221 e. The third-order valence-electron chi connectivity index (χ3n) is 2.92. The molecule has 2 N–H and O–H groups in total. The fraction of sp³-hybridized carbons (Fsp3) is 0.353. The van der Waals surface area contributed by atoms with Gasteiger partial charge in [0.2, 0.25) is 5.91 Å². The largest absolute Gasteiger partial charge is 0.388 e. The number of carbonyl (C=O) groups is 1. The van der Waals surface area contributed by atoms with E-state index in [2.05, 4.69) is 23.8 Å². The SMILES string of the molecule is C=C(C)CCNC(=C)CCc1ccc(NC(C)=O)cc1. The van der Waals surface area contributed by atoms with E-state index in [0.29, 0.717) is 0 Å². The van der Waals surface area contributed by atoms with E-state index in [1.165, 1.54) is 18.1 Å². The second-order valence-electron chi connectivity index (χ2n) is 5.12. The van der Waals surface area contributed by atoms with E-state index in [1.807, 2.05) is 31.2 Å². The molecule has 0 aliphatic carbocycles. The molecule has 0 bridgehead atoms. The Balaban J connectivity index is 2.32. The number of carbonyl (C=O) groups excluding carboxylic acids is 1. The van der Waals surface area contributed by atoms with Gasteiger partial charge in [-0.2, -0.15) is 0 Å². The third kappa shape index (κ3) is 6.78. The van der Waals surface area contributed by atoms with Gasteiger partial charge < -0.3 is 10.6 Å². The van der Waals surface area contributed by atoms with Gasteiger partial charge in [-0.1, -0.05) is 24.3 Å². The molecule has 20 heavy (non-hydrogen) atoms. The Labute approximate surface area is 121 Å². The molecule has 0 aliphatic heterocycles. The maximum absolute atomic E-state index is 10.9. The van der Waals surface area contributed by atoms with E-state index in [0.717, 1.165) is 37.2 Å². The van der Waals surface area contributed by atoms with Gasteiger partial charge in [-0.25, -0.2) is 0 Å². The van der Waals surface area contributed by atoms with Gasteiger partial charge in [-0.05, 0) is 43.9 Å². The Morgan fingerprint density at radius 2 is 1.75 bits per heavy atom. The number of anilines is 1. The molecule has 108 valence electrons. The van der Waals surface area contributed by atoms with Crippen molar-refractivity contribution in [3.8, 4) is 0 Å². The normalized spacial score (nSPS) is 9.90. The molecule has 3 heteroatoms. The van der Waals surface area contributed by atoms with Crippen molar-refractivity contribution in [3.05, 3.63) is 54.3 Å². The van der Waals surface area contributed by atoms with Crippen LogP contribution in [0.1, 0.15) is 32.3 Å². The van der Waals surface area contributed by atoms with E-state index in [1.54, 1.807) is 0 Å². The van der Waals surface area contributed by atoms with Gasteiger partial charge in [0.05, 0.1) is 0 Å². The molecule has 1 rings (SSSR count). The molecule has 0 saturated carbocycles. The zero-order chi connectivity index (χ0) is 15.0. The average Bonchev–Trinajstić information content (AvgIpc) is 2.37. The maximum Gasteiger partial charge on any atom is 0.221 e. The molecule has 0 saturated heterocycles. The molecule has 1 aromatic rings. The molecule has 0 heterocycles. The first-order valence-corrected chi connectivity index (χ1v) is 6.90. The maximum atomic E-state index is 10.9. The number of aryl methyl sites for hydroxylation is 1. The lowest BCUT2D eigenvalue weighted by molar-refractivity contribution is -0.114. The molecule has 0 aliphatic rings. The number of hydrogen-bond acceptors (Lipinski definition) is 2. The van der Waals surface area contributed by atoms with Crippen molar-refractivity contribution >= 4 is 11.6 Å². The lowest BCUT2D eigenvalue weighted by Gasteiger charge is -2.10. The fourth-order valence-corrected chi connectivity index (χ4v) is 1.79. The molecule has 0 unspecified atom stereocenters. The summed E-state index contributed by atoms with van der Waals surface area (Å²) in [6.45, 7) is 12.3. The molecule has 3 nitrogen and oxygen atoms in total. The van der Waals surface area contributed by atoms with Crippen molar-refractivity contribution in [2.75, 3.05) is 11.9 Å². The van der Waals surface area contributed by atoms with E-state index in [9.17, 15) is 4.79 Å². The number of hydrogen-bond donors (Lipinski definition) is 2. The average molecular weight is 272 g/mol. The van der Waals surface area contributed by atoms with E-state index in [4.69, 9.17) is 0 Å². The highest BCUT2D eigenvalue weighted by Gasteiger charge is 1.99. The molecule has 0 spiro atoms. The van der Waals surface area contributed by atoms with Crippen LogP contribution < -0.4 is 10.6 Å². The molecule has 0 atom stereocenters. The summed E-state index contributed by atoms with van der Waals surface area (Å²) in [5, 5.41) is 6.07. The standard InChI is InChI=1S/C17H24N2O/c1-13(2)11-12-18-14(3)5-6-16-7-9-17(10-8-16)19-15(4)20/h7-10,18H,1,3,5-6,11-12H2,2,4H3,(H,19,20). The predicted octanol–water partition coefficient (Wildman–Crippen LogP) is 3.65. The van der Waals surface area contributed by atoms with Crippen LogP contribution in [0.25, 0.3) is 0 Å². The van der Waals surface area contributed by atoms with Gasteiger partial charge in [0.25, 0.3) is 0 Å². The molecule has 0 aromatic heterocycles. The van der Waals surface area contributed by atoms with Crippen molar-refractivity contribution in [3.63, 3.8) is 0 Å². The van der Waals surface area contributed by atoms with Crippen LogP contribution >= 0.6 is 0 Å². The first kappa shape index (κ1) is 16.0. The zero-order valence-electron chi connectivity index (χ0n) is 12.5.